The second kappa shape index (κ2) is 6.93. The molecule has 0 aromatic carbocycles. The Hall–Kier alpha value is -1.53. The third kappa shape index (κ3) is 4.08. The summed E-state index contributed by atoms with van der Waals surface area (Å²) in [6, 6.07) is 3.08. The van der Waals surface area contributed by atoms with Crippen molar-refractivity contribution < 1.29 is 9.66 Å². The first-order valence-electron chi connectivity index (χ1n) is 5.49. The molecule has 0 fully saturated rings. The Morgan fingerprint density at radius 1 is 1.65 bits per heavy atom. The van der Waals surface area contributed by atoms with Gasteiger partial charge in [0.1, 0.15) is 5.69 Å². The van der Waals surface area contributed by atoms with E-state index in [1.165, 1.54) is 6.07 Å². The van der Waals surface area contributed by atoms with Gasteiger partial charge < -0.3 is 10.1 Å². The van der Waals surface area contributed by atoms with E-state index in [0.717, 1.165) is 6.54 Å². The molecule has 0 bridgehead atoms. The minimum absolute atomic E-state index is 0.0404. The van der Waals surface area contributed by atoms with E-state index in [0.29, 0.717) is 18.7 Å². The third-order valence-electron chi connectivity index (χ3n) is 2.36. The number of rotatable bonds is 7. The van der Waals surface area contributed by atoms with Gasteiger partial charge in [0.25, 0.3) is 5.69 Å². The quantitative estimate of drug-likeness (QED) is 0.570. The fourth-order valence-corrected chi connectivity index (χ4v) is 1.67. The molecule has 0 radical (unpaired) electrons. The van der Waals surface area contributed by atoms with Gasteiger partial charge in [-0.2, -0.15) is 0 Å². The summed E-state index contributed by atoms with van der Waals surface area (Å²) >= 11 is 0. The lowest BCUT2D eigenvalue weighted by Gasteiger charge is -2.16. The van der Waals surface area contributed by atoms with Gasteiger partial charge in [0, 0.05) is 31.8 Å². The van der Waals surface area contributed by atoms with Crippen LogP contribution in [0.5, 0.6) is 0 Å². The Kier molecular flexibility index (Phi) is 5.51. The van der Waals surface area contributed by atoms with Gasteiger partial charge >= 0.3 is 0 Å². The molecular formula is C11H17N3O3. The van der Waals surface area contributed by atoms with E-state index in [1.54, 1.807) is 19.4 Å². The van der Waals surface area contributed by atoms with Gasteiger partial charge in [-0.1, -0.05) is 6.92 Å². The molecule has 0 saturated heterocycles. The smallest absolute Gasteiger partial charge is 0.290 e. The molecule has 1 aromatic rings. The van der Waals surface area contributed by atoms with Gasteiger partial charge in [0.15, 0.2) is 0 Å². The number of nitrogens with zero attached hydrogens (tertiary/aromatic N) is 2. The molecule has 0 aliphatic carbocycles. The largest absolute Gasteiger partial charge is 0.383 e. The van der Waals surface area contributed by atoms with Crippen molar-refractivity contribution >= 4 is 5.69 Å². The molecule has 0 saturated carbocycles. The third-order valence-corrected chi connectivity index (χ3v) is 2.36. The Morgan fingerprint density at radius 2 is 2.41 bits per heavy atom. The second-order valence-electron chi connectivity index (χ2n) is 3.64. The minimum Gasteiger partial charge on any atom is -0.383 e. The van der Waals surface area contributed by atoms with E-state index < -0.39 is 4.92 Å². The highest BCUT2D eigenvalue weighted by atomic mass is 16.6. The summed E-state index contributed by atoms with van der Waals surface area (Å²) in [4.78, 5) is 14.5. The average molecular weight is 239 g/mol. The first-order valence-corrected chi connectivity index (χ1v) is 5.49. The van der Waals surface area contributed by atoms with E-state index >= 15 is 0 Å². The number of nitrogens with one attached hydrogen (secondary N) is 1. The molecule has 1 heterocycles. The zero-order valence-corrected chi connectivity index (χ0v) is 10.0. The van der Waals surface area contributed by atoms with Crippen LogP contribution in [-0.2, 0) is 11.2 Å². The van der Waals surface area contributed by atoms with Gasteiger partial charge in [0.2, 0.25) is 0 Å². The number of hydrogen-bond acceptors (Lipinski definition) is 5. The predicted molar refractivity (Wildman–Crippen MR) is 63.9 cm³/mol. The molecule has 1 unspecified atom stereocenters. The summed E-state index contributed by atoms with van der Waals surface area (Å²) in [5, 5.41) is 14.0. The number of pyridine rings is 1. The Labute approximate surface area is 100 Å². The number of nitro groups is 1. The van der Waals surface area contributed by atoms with Crippen molar-refractivity contribution in [1.29, 1.82) is 0 Å². The van der Waals surface area contributed by atoms with E-state index in [9.17, 15) is 10.1 Å². The Morgan fingerprint density at radius 3 is 3.00 bits per heavy atom. The lowest BCUT2D eigenvalue weighted by Crippen LogP contribution is -2.35. The summed E-state index contributed by atoms with van der Waals surface area (Å²) in [5.41, 5.74) is 0.548. The van der Waals surface area contributed by atoms with Crippen molar-refractivity contribution in [2.75, 3.05) is 20.3 Å². The van der Waals surface area contributed by atoms with Crippen LogP contribution < -0.4 is 5.32 Å². The number of likely N-dealkylation sites (N-methyl/N-ethyl adjacent to an activating group) is 1. The lowest BCUT2D eigenvalue weighted by atomic mass is 10.1. The Balaban J connectivity index is 2.80. The van der Waals surface area contributed by atoms with Gasteiger partial charge in [-0.15, -0.1) is 0 Å². The molecule has 94 valence electrons. The molecule has 1 N–H and O–H groups in total. The first kappa shape index (κ1) is 13.5. The molecule has 6 nitrogen and oxygen atoms in total. The van der Waals surface area contributed by atoms with Crippen molar-refractivity contribution in [2.24, 2.45) is 0 Å². The van der Waals surface area contributed by atoms with Gasteiger partial charge in [0.05, 0.1) is 11.5 Å². The maximum Gasteiger partial charge on any atom is 0.290 e. The molecule has 0 aliphatic heterocycles. The lowest BCUT2D eigenvalue weighted by molar-refractivity contribution is -0.386. The first-order chi connectivity index (χ1) is 8.19. The van der Waals surface area contributed by atoms with Crippen molar-refractivity contribution in [3.8, 4) is 0 Å². The molecule has 0 spiro atoms. The molecule has 0 amide bonds. The second-order valence-corrected chi connectivity index (χ2v) is 3.64. The molecule has 6 heteroatoms. The normalized spacial score (nSPS) is 12.4. The van der Waals surface area contributed by atoms with Gasteiger partial charge in [-0.3, -0.25) is 15.1 Å². The van der Waals surface area contributed by atoms with Crippen LogP contribution in [-0.4, -0.2) is 36.2 Å². The number of methoxy groups -OCH3 is 1. The van der Waals surface area contributed by atoms with Crippen molar-refractivity contribution in [3.63, 3.8) is 0 Å². The zero-order chi connectivity index (χ0) is 12.7. The fourth-order valence-electron chi connectivity index (χ4n) is 1.67. The summed E-state index contributed by atoms with van der Waals surface area (Å²) in [6.07, 6.45) is 2.05. The number of aromatic nitrogens is 1. The maximum atomic E-state index is 10.8. The van der Waals surface area contributed by atoms with Crippen molar-refractivity contribution in [3.05, 3.63) is 34.1 Å². The highest BCUT2D eigenvalue weighted by Gasteiger charge is 2.18. The van der Waals surface area contributed by atoms with Crippen LogP contribution in [0.2, 0.25) is 0 Å². The SMILES string of the molecule is CCNC(COC)Cc1ncccc1[N+](=O)[O-]. The maximum absolute atomic E-state index is 10.8. The molecule has 17 heavy (non-hydrogen) atoms. The summed E-state index contributed by atoms with van der Waals surface area (Å²) in [7, 11) is 1.61. The van der Waals surface area contributed by atoms with Gasteiger partial charge in [-0.05, 0) is 12.6 Å². The predicted octanol–water partition coefficient (Wildman–Crippen LogP) is 1.16. The average Bonchev–Trinajstić information content (AvgIpc) is 2.30. The van der Waals surface area contributed by atoms with Crippen LogP contribution >= 0.6 is 0 Å². The highest BCUT2D eigenvalue weighted by Crippen LogP contribution is 2.16. The summed E-state index contributed by atoms with van der Waals surface area (Å²) in [5.74, 6) is 0. The molecule has 1 aromatic heterocycles. The molecule has 0 aliphatic rings. The van der Waals surface area contributed by atoms with Crippen LogP contribution in [0.25, 0.3) is 0 Å². The van der Waals surface area contributed by atoms with E-state index in [1.807, 2.05) is 6.92 Å². The zero-order valence-electron chi connectivity index (χ0n) is 10.0. The fraction of sp³-hybridized carbons (Fsp3) is 0.545. The number of ether oxygens (including phenoxy) is 1. The molecule has 1 atom stereocenters. The Bertz CT molecular complexity index is 365. The van der Waals surface area contributed by atoms with Crippen LogP contribution in [0.4, 0.5) is 5.69 Å². The highest BCUT2D eigenvalue weighted by molar-refractivity contribution is 5.34. The van der Waals surface area contributed by atoms with E-state index in [2.05, 4.69) is 10.3 Å². The monoisotopic (exact) mass is 239 g/mol. The van der Waals surface area contributed by atoms with Crippen molar-refractivity contribution in [2.45, 2.75) is 19.4 Å². The van der Waals surface area contributed by atoms with Crippen LogP contribution in [0.15, 0.2) is 18.3 Å². The summed E-state index contributed by atoms with van der Waals surface area (Å²) < 4.78 is 5.07. The van der Waals surface area contributed by atoms with Crippen LogP contribution in [0.3, 0.4) is 0 Å². The molecular weight excluding hydrogens is 222 g/mol. The molecule has 1 rings (SSSR count). The minimum atomic E-state index is -0.405. The standard InChI is InChI=1S/C11H17N3O3/c1-3-12-9(8-17-2)7-10-11(14(15)16)5-4-6-13-10/h4-6,9,12H,3,7-8H2,1-2H3. The topological polar surface area (TPSA) is 77.3 Å². The van der Waals surface area contributed by atoms with Crippen molar-refractivity contribution in [1.82, 2.24) is 10.3 Å². The van der Waals surface area contributed by atoms with E-state index in [4.69, 9.17) is 4.74 Å². The number of hydrogen-bond donors (Lipinski definition) is 1. The van der Waals surface area contributed by atoms with E-state index in [-0.39, 0.29) is 11.7 Å². The summed E-state index contributed by atoms with van der Waals surface area (Å²) in [6.45, 7) is 3.27. The van der Waals surface area contributed by atoms with Crippen LogP contribution in [0.1, 0.15) is 12.6 Å². The van der Waals surface area contributed by atoms with Crippen LogP contribution in [0, 0.1) is 10.1 Å². The van der Waals surface area contributed by atoms with Gasteiger partial charge in [-0.25, -0.2) is 0 Å².